The molecule has 0 aromatic heterocycles. The van der Waals surface area contributed by atoms with Crippen LogP contribution < -0.4 is 0 Å². The number of hydrogen-bond donors (Lipinski definition) is 0. The minimum atomic E-state index is 0.441. The van der Waals surface area contributed by atoms with E-state index in [9.17, 15) is 0 Å². The van der Waals surface area contributed by atoms with Gasteiger partial charge in [0.1, 0.15) is 13.5 Å². The highest BCUT2D eigenvalue weighted by atomic mass is 16.5. The summed E-state index contributed by atoms with van der Waals surface area (Å²) in [5, 5.41) is 0. The van der Waals surface area contributed by atoms with Gasteiger partial charge in [0, 0.05) is 21.3 Å². The Balaban J connectivity index is 3.07. The van der Waals surface area contributed by atoms with Crippen molar-refractivity contribution in [3.8, 4) is 0 Å². The predicted octanol–water partition coefficient (Wildman–Crippen LogP) is 0.321. The van der Waals surface area contributed by atoms with Crippen molar-refractivity contribution in [1.82, 2.24) is 4.90 Å². The van der Waals surface area contributed by atoms with Crippen LogP contribution in [0.3, 0.4) is 0 Å². The van der Waals surface area contributed by atoms with Gasteiger partial charge in [-0.25, -0.2) is 0 Å². The van der Waals surface area contributed by atoms with E-state index < -0.39 is 0 Å². The lowest BCUT2D eigenvalue weighted by atomic mass is 10.7. The minimum absolute atomic E-state index is 0.441. The van der Waals surface area contributed by atoms with Crippen LogP contribution in [0.2, 0.25) is 0 Å². The van der Waals surface area contributed by atoms with Crippen LogP contribution in [0, 0.1) is 7.05 Å². The molecule has 0 rings (SSSR count). The standard InChI is InChI=1S/C9H20NO4/c1-10(8-13-6-4-11-2)9-14-7-5-12-3/h1,4-9H2,2-3H3. The molecule has 0 heterocycles. The van der Waals surface area contributed by atoms with Gasteiger partial charge in [0.25, 0.3) is 0 Å². The van der Waals surface area contributed by atoms with Gasteiger partial charge in [0.15, 0.2) is 0 Å². The van der Waals surface area contributed by atoms with Crippen LogP contribution >= 0.6 is 0 Å². The summed E-state index contributed by atoms with van der Waals surface area (Å²) < 4.78 is 20.1. The van der Waals surface area contributed by atoms with Crippen LogP contribution in [0.4, 0.5) is 0 Å². The van der Waals surface area contributed by atoms with Crippen LogP contribution in [0.5, 0.6) is 0 Å². The summed E-state index contributed by atoms with van der Waals surface area (Å²) in [6, 6.07) is 0. The zero-order valence-electron chi connectivity index (χ0n) is 9.03. The van der Waals surface area contributed by atoms with E-state index >= 15 is 0 Å². The van der Waals surface area contributed by atoms with Crippen molar-refractivity contribution in [1.29, 1.82) is 0 Å². The fraction of sp³-hybridized carbons (Fsp3) is 0.889. The molecule has 0 saturated heterocycles. The third-order valence-electron chi connectivity index (χ3n) is 1.41. The molecule has 0 N–H and O–H groups in total. The first-order valence-corrected chi connectivity index (χ1v) is 4.50. The first kappa shape index (κ1) is 13.8. The van der Waals surface area contributed by atoms with Gasteiger partial charge in [0.05, 0.1) is 26.4 Å². The first-order chi connectivity index (χ1) is 6.81. The molecule has 0 aliphatic rings. The Hall–Kier alpha value is -0.200. The molecule has 0 saturated carbocycles. The van der Waals surface area contributed by atoms with Crippen molar-refractivity contribution in [2.45, 2.75) is 0 Å². The van der Waals surface area contributed by atoms with Crippen molar-refractivity contribution in [3.63, 3.8) is 0 Å². The average molecular weight is 206 g/mol. The topological polar surface area (TPSA) is 40.2 Å². The van der Waals surface area contributed by atoms with E-state index in [0.29, 0.717) is 39.9 Å². The SMILES string of the molecule is [CH2]N(COCCOC)COCCOC. The van der Waals surface area contributed by atoms with E-state index in [0.717, 1.165) is 0 Å². The number of methoxy groups -OCH3 is 2. The van der Waals surface area contributed by atoms with E-state index in [4.69, 9.17) is 18.9 Å². The van der Waals surface area contributed by atoms with Crippen LogP contribution in [-0.2, 0) is 18.9 Å². The molecule has 0 aromatic rings. The Kier molecular flexibility index (Phi) is 10.7. The lowest BCUT2D eigenvalue weighted by Crippen LogP contribution is -2.24. The number of rotatable bonds is 10. The minimum Gasteiger partial charge on any atom is -0.382 e. The van der Waals surface area contributed by atoms with E-state index in [1.807, 2.05) is 0 Å². The Morgan fingerprint density at radius 1 is 0.857 bits per heavy atom. The Labute approximate surface area is 85.9 Å². The molecule has 85 valence electrons. The maximum atomic E-state index is 5.22. The molecule has 0 fully saturated rings. The third kappa shape index (κ3) is 9.88. The molecule has 0 amide bonds. The van der Waals surface area contributed by atoms with Gasteiger partial charge >= 0.3 is 0 Å². The molecule has 14 heavy (non-hydrogen) atoms. The maximum absolute atomic E-state index is 5.22. The van der Waals surface area contributed by atoms with Crippen molar-refractivity contribution < 1.29 is 18.9 Å². The highest BCUT2D eigenvalue weighted by Crippen LogP contribution is 1.87. The molecule has 1 radical (unpaired) electrons. The first-order valence-electron chi connectivity index (χ1n) is 4.50. The lowest BCUT2D eigenvalue weighted by molar-refractivity contribution is -0.0405. The predicted molar refractivity (Wildman–Crippen MR) is 52.6 cm³/mol. The summed E-state index contributed by atoms with van der Waals surface area (Å²) in [7, 11) is 7.01. The zero-order chi connectivity index (χ0) is 10.6. The third-order valence-corrected chi connectivity index (χ3v) is 1.41. The van der Waals surface area contributed by atoms with Gasteiger partial charge in [0.2, 0.25) is 0 Å². The smallest absolute Gasteiger partial charge is 0.101 e. The molecule has 5 nitrogen and oxygen atoms in total. The maximum Gasteiger partial charge on any atom is 0.101 e. The second-order valence-corrected chi connectivity index (χ2v) is 2.73. The molecule has 0 bridgehead atoms. The van der Waals surface area contributed by atoms with E-state index in [2.05, 4.69) is 7.05 Å². The Morgan fingerprint density at radius 3 is 1.64 bits per heavy atom. The summed E-state index contributed by atoms with van der Waals surface area (Å²) in [4.78, 5) is 1.69. The normalized spacial score (nSPS) is 11.1. The van der Waals surface area contributed by atoms with Gasteiger partial charge in [-0.2, -0.15) is 0 Å². The van der Waals surface area contributed by atoms with E-state index in [-0.39, 0.29) is 0 Å². The molecular formula is C9H20NO4. The Bertz CT molecular complexity index is 101. The molecular weight excluding hydrogens is 186 g/mol. The van der Waals surface area contributed by atoms with Crippen LogP contribution in [0.1, 0.15) is 0 Å². The van der Waals surface area contributed by atoms with Crippen molar-refractivity contribution >= 4 is 0 Å². The second kappa shape index (κ2) is 10.9. The van der Waals surface area contributed by atoms with Crippen molar-refractivity contribution in [2.24, 2.45) is 0 Å². The van der Waals surface area contributed by atoms with Gasteiger partial charge in [-0.15, -0.1) is 0 Å². The fourth-order valence-corrected chi connectivity index (χ4v) is 0.709. The monoisotopic (exact) mass is 206 g/mol. The highest BCUT2D eigenvalue weighted by Gasteiger charge is 1.97. The zero-order valence-corrected chi connectivity index (χ0v) is 9.03. The second-order valence-electron chi connectivity index (χ2n) is 2.73. The number of hydrogen-bond acceptors (Lipinski definition) is 5. The summed E-state index contributed by atoms with van der Waals surface area (Å²) >= 11 is 0. The quantitative estimate of drug-likeness (QED) is 0.380. The summed E-state index contributed by atoms with van der Waals surface area (Å²) in [5.41, 5.74) is 0. The van der Waals surface area contributed by atoms with E-state index in [1.165, 1.54) is 0 Å². The Morgan fingerprint density at radius 2 is 1.29 bits per heavy atom. The van der Waals surface area contributed by atoms with Gasteiger partial charge in [-0.05, 0) is 0 Å². The molecule has 0 aliphatic carbocycles. The van der Waals surface area contributed by atoms with Gasteiger partial charge in [-0.1, -0.05) is 0 Å². The molecule has 0 atom stereocenters. The average Bonchev–Trinajstić information content (AvgIpc) is 2.19. The van der Waals surface area contributed by atoms with Crippen molar-refractivity contribution in [3.05, 3.63) is 7.05 Å². The van der Waals surface area contributed by atoms with Gasteiger partial charge < -0.3 is 18.9 Å². The van der Waals surface area contributed by atoms with E-state index in [1.54, 1.807) is 19.1 Å². The molecule has 5 heteroatoms. The van der Waals surface area contributed by atoms with Crippen LogP contribution in [0.25, 0.3) is 0 Å². The number of ether oxygens (including phenoxy) is 4. The fourth-order valence-electron chi connectivity index (χ4n) is 0.709. The van der Waals surface area contributed by atoms with Gasteiger partial charge in [-0.3, -0.25) is 4.90 Å². The summed E-state index contributed by atoms with van der Waals surface area (Å²) in [6.45, 7) is 3.21. The molecule has 0 spiro atoms. The van der Waals surface area contributed by atoms with Crippen LogP contribution in [0.15, 0.2) is 0 Å². The molecule has 0 unspecified atom stereocenters. The summed E-state index contributed by atoms with van der Waals surface area (Å²) in [6.07, 6.45) is 0. The number of nitrogens with zero attached hydrogens (tertiary/aromatic N) is 1. The summed E-state index contributed by atoms with van der Waals surface area (Å²) in [5.74, 6) is 0. The highest BCUT2D eigenvalue weighted by molar-refractivity contribution is 4.41. The molecule has 0 aromatic carbocycles. The van der Waals surface area contributed by atoms with Crippen molar-refractivity contribution in [2.75, 3.05) is 54.1 Å². The van der Waals surface area contributed by atoms with Crippen LogP contribution in [-0.4, -0.2) is 59.0 Å². The largest absolute Gasteiger partial charge is 0.382 e. The molecule has 0 aliphatic heterocycles. The lowest BCUT2D eigenvalue weighted by Gasteiger charge is -2.16.